The van der Waals surface area contributed by atoms with E-state index in [2.05, 4.69) is 23.0 Å². The maximum atomic E-state index is 5.94. The zero-order chi connectivity index (χ0) is 13.1. The van der Waals surface area contributed by atoms with E-state index in [1.165, 1.54) is 25.7 Å². The third-order valence-electron chi connectivity index (χ3n) is 3.66. The van der Waals surface area contributed by atoms with E-state index in [1.807, 2.05) is 18.2 Å². The normalized spacial score (nSPS) is 16.0. The van der Waals surface area contributed by atoms with Gasteiger partial charge in [-0.15, -0.1) is 11.8 Å². The van der Waals surface area contributed by atoms with E-state index < -0.39 is 0 Å². The van der Waals surface area contributed by atoms with Gasteiger partial charge in [0.15, 0.2) is 0 Å². The van der Waals surface area contributed by atoms with Crippen molar-refractivity contribution >= 4 is 17.4 Å². The molecular formula is C15H19N3S. The zero-order valence-corrected chi connectivity index (χ0v) is 11.8. The van der Waals surface area contributed by atoms with Crippen LogP contribution in [0.4, 0.5) is 5.69 Å². The Bertz CT molecular complexity index is 544. The standard InChI is InChI=1S/C15H19N3S/c16-14-7-3-4-8-15(14)19-11-12-9-10-18(17-12)13-5-1-2-6-13/h3-4,7-10,13H,1-2,5-6,11,16H2. The molecule has 2 aromatic rings. The van der Waals surface area contributed by atoms with Crippen LogP contribution in [0.5, 0.6) is 0 Å². The van der Waals surface area contributed by atoms with Crippen LogP contribution in [-0.2, 0) is 5.75 Å². The second kappa shape index (κ2) is 5.70. The number of hydrogen-bond donors (Lipinski definition) is 1. The fraction of sp³-hybridized carbons (Fsp3) is 0.400. The lowest BCUT2D eigenvalue weighted by molar-refractivity contribution is 0.464. The molecule has 4 heteroatoms. The van der Waals surface area contributed by atoms with Gasteiger partial charge in [-0.05, 0) is 31.0 Å². The topological polar surface area (TPSA) is 43.8 Å². The highest BCUT2D eigenvalue weighted by molar-refractivity contribution is 7.98. The molecule has 0 saturated heterocycles. The van der Waals surface area contributed by atoms with Crippen LogP contribution in [-0.4, -0.2) is 9.78 Å². The summed E-state index contributed by atoms with van der Waals surface area (Å²) in [6, 6.07) is 10.8. The van der Waals surface area contributed by atoms with Crippen molar-refractivity contribution < 1.29 is 0 Å². The minimum absolute atomic E-state index is 0.626. The number of nitrogens with zero attached hydrogens (tertiary/aromatic N) is 2. The summed E-state index contributed by atoms with van der Waals surface area (Å²) in [7, 11) is 0. The molecule has 1 aromatic heterocycles. The molecule has 0 radical (unpaired) electrons. The van der Waals surface area contributed by atoms with Gasteiger partial charge in [0.25, 0.3) is 0 Å². The van der Waals surface area contributed by atoms with E-state index in [9.17, 15) is 0 Å². The molecule has 1 aromatic carbocycles. The molecule has 3 rings (SSSR count). The average molecular weight is 273 g/mol. The number of nitrogen functional groups attached to an aromatic ring is 1. The number of anilines is 1. The number of rotatable bonds is 4. The number of thioether (sulfide) groups is 1. The van der Waals surface area contributed by atoms with E-state index in [1.54, 1.807) is 11.8 Å². The summed E-state index contributed by atoms with van der Waals surface area (Å²) < 4.78 is 2.15. The SMILES string of the molecule is Nc1ccccc1SCc1ccn(C2CCCC2)n1. The van der Waals surface area contributed by atoms with Gasteiger partial charge in [-0.25, -0.2) is 0 Å². The van der Waals surface area contributed by atoms with Crippen molar-refractivity contribution in [1.82, 2.24) is 9.78 Å². The monoisotopic (exact) mass is 273 g/mol. The molecule has 0 amide bonds. The van der Waals surface area contributed by atoms with Crippen LogP contribution in [0.2, 0.25) is 0 Å². The Morgan fingerprint density at radius 3 is 2.79 bits per heavy atom. The Balaban J connectivity index is 1.63. The van der Waals surface area contributed by atoms with Crippen LogP contribution in [0, 0.1) is 0 Å². The van der Waals surface area contributed by atoms with Gasteiger partial charge in [0.1, 0.15) is 0 Å². The molecule has 1 saturated carbocycles. The second-order valence-electron chi connectivity index (χ2n) is 5.05. The van der Waals surface area contributed by atoms with Gasteiger partial charge < -0.3 is 5.73 Å². The van der Waals surface area contributed by atoms with E-state index in [-0.39, 0.29) is 0 Å². The molecule has 1 heterocycles. The Labute approximate surface area is 118 Å². The summed E-state index contributed by atoms with van der Waals surface area (Å²) in [6.45, 7) is 0. The smallest absolute Gasteiger partial charge is 0.0727 e. The molecule has 1 aliphatic rings. The molecule has 0 atom stereocenters. The van der Waals surface area contributed by atoms with Gasteiger partial charge >= 0.3 is 0 Å². The number of aromatic nitrogens is 2. The highest BCUT2D eigenvalue weighted by Gasteiger charge is 2.17. The van der Waals surface area contributed by atoms with Crippen LogP contribution in [0.25, 0.3) is 0 Å². The third kappa shape index (κ3) is 2.95. The van der Waals surface area contributed by atoms with Crippen LogP contribution >= 0.6 is 11.8 Å². The molecule has 0 unspecified atom stereocenters. The summed E-state index contributed by atoms with van der Waals surface area (Å²) in [5.41, 5.74) is 7.93. The van der Waals surface area contributed by atoms with Crippen molar-refractivity contribution in [2.24, 2.45) is 0 Å². The van der Waals surface area contributed by atoms with Crippen LogP contribution in [0.3, 0.4) is 0 Å². The first-order valence-corrected chi connectivity index (χ1v) is 7.83. The molecule has 0 bridgehead atoms. The van der Waals surface area contributed by atoms with Crippen molar-refractivity contribution in [3.05, 3.63) is 42.2 Å². The quantitative estimate of drug-likeness (QED) is 0.679. The Kier molecular flexibility index (Phi) is 3.78. The van der Waals surface area contributed by atoms with Gasteiger partial charge in [-0.1, -0.05) is 25.0 Å². The Morgan fingerprint density at radius 1 is 1.21 bits per heavy atom. The highest BCUT2D eigenvalue weighted by atomic mass is 32.2. The maximum Gasteiger partial charge on any atom is 0.0727 e. The summed E-state index contributed by atoms with van der Waals surface area (Å²) in [4.78, 5) is 1.14. The van der Waals surface area contributed by atoms with Gasteiger partial charge in [-0.3, -0.25) is 4.68 Å². The predicted octanol–water partition coefficient (Wildman–Crippen LogP) is 3.87. The Hall–Kier alpha value is -1.42. The van der Waals surface area contributed by atoms with Gasteiger partial charge in [0.2, 0.25) is 0 Å². The van der Waals surface area contributed by atoms with Crippen molar-refractivity contribution in [2.45, 2.75) is 42.4 Å². The molecule has 0 aliphatic heterocycles. The zero-order valence-electron chi connectivity index (χ0n) is 11.0. The molecule has 1 fully saturated rings. The van der Waals surface area contributed by atoms with Crippen LogP contribution in [0.1, 0.15) is 37.4 Å². The number of para-hydroxylation sites is 1. The van der Waals surface area contributed by atoms with Crippen molar-refractivity contribution in [3.63, 3.8) is 0 Å². The first-order valence-electron chi connectivity index (χ1n) is 6.84. The van der Waals surface area contributed by atoms with Crippen molar-refractivity contribution in [3.8, 4) is 0 Å². The predicted molar refractivity (Wildman–Crippen MR) is 80.1 cm³/mol. The number of hydrogen-bond acceptors (Lipinski definition) is 3. The summed E-state index contributed by atoms with van der Waals surface area (Å²) in [6.07, 6.45) is 7.37. The van der Waals surface area contributed by atoms with Gasteiger partial charge in [0, 0.05) is 22.5 Å². The van der Waals surface area contributed by atoms with Gasteiger partial charge in [-0.2, -0.15) is 5.10 Å². The molecule has 19 heavy (non-hydrogen) atoms. The minimum atomic E-state index is 0.626. The fourth-order valence-corrected chi connectivity index (χ4v) is 3.46. The minimum Gasteiger partial charge on any atom is -0.398 e. The first kappa shape index (κ1) is 12.6. The van der Waals surface area contributed by atoms with E-state index in [0.717, 1.165) is 22.0 Å². The van der Waals surface area contributed by atoms with Crippen LogP contribution in [0.15, 0.2) is 41.4 Å². The second-order valence-corrected chi connectivity index (χ2v) is 6.07. The number of nitrogens with two attached hydrogens (primary N) is 1. The molecule has 0 spiro atoms. The summed E-state index contributed by atoms with van der Waals surface area (Å²) in [5, 5.41) is 4.69. The highest BCUT2D eigenvalue weighted by Crippen LogP contribution is 2.30. The van der Waals surface area contributed by atoms with E-state index in [0.29, 0.717) is 6.04 Å². The average Bonchev–Trinajstić information content (AvgIpc) is 3.09. The van der Waals surface area contributed by atoms with Crippen LogP contribution < -0.4 is 5.73 Å². The van der Waals surface area contributed by atoms with Crippen molar-refractivity contribution in [2.75, 3.05) is 5.73 Å². The summed E-state index contributed by atoms with van der Waals surface area (Å²) >= 11 is 1.76. The Morgan fingerprint density at radius 2 is 2.00 bits per heavy atom. The molecule has 3 nitrogen and oxygen atoms in total. The largest absolute Gasteiger partial charge is 0.398 e. The number of benzene rings is 1. The maximum absolute atomic E-state index is 5.94. The lowest BCUT2D eigenvalue weighted by Crippen LogP contribution is -2.05. The van der Waals surface area contributed by atoms with E-state index in [4.69, 9.17) is 10.8 Å². The van der Waals surface area contributed by atoms with E-state index >= 15 is 0 Å². The van der Waals surface area contributed by atoms with Gasteiger partial charge in [0.05, 0.1) is 11.7 Å². The molecule has 1 aliphatic carbocycles. The molecule has 2 N–H and O–H groups in total. The lowest BCUT2D eigenvalue weighted by Gasteiger charge is -2.08. The fourth-order valence-electron chi connectivity index (χ4n) is 2.59. The van der Waals surface area contributed by atoms with Crippen molar-refractivity contribution in [1.29, 1.82) is 0 Å². The third-order valence-corrected chi connectivity index (χ3v) is 4.78. The first-order chi connectivity index (χ1) is 9.33. The summed E-state index contributed by atoms with van der Waals surface area (Å²) in [5.74, 6) is 0.883. The molecular weight excluding hydrogens is 254 g/mol. The molecule has 100 valence electrons. The lowest BCUT2D eigenvalue weighted by atomic mass is 10.3.